The molecular formula is C19H24N2O4. The van der Waals surface area contributed by atoms with Crippen LogP contribution in [0.5, 0.6) is 5.75 Å². The number of nitrogens with zero attached hydrogens (tertiary/aromatic N) is 2. The van der Waals surface area contributed by atoms with E-state index in [4.69, 9.17) is 10.00 Å². The number of aliphatic carboxylic acids is 1. The largest absolute Gasteiger partial charge is 0.490 e. The predicted octanol–water partition coefficient (Wildman–Crippen LogP) is 2.25. The third kappa shape index (κ3) is 5.04. The van der Waals surface area contributed by atoms with Crippen molar-refractivity contribution >= 4 is 12.3 Å². The first-order valence-corrected chi connectivity index (χ1v) is 8.45. The number of carboxylic acids is 1. The Balaban J connectivity index is 1.95. The van der Waals surface area contributed by atoms with Crippen molar-refractivity contribution in [2.45, 2.75) is 39.2 Å². The Morgan fingerprint density at radius 2 is 2.12 bits per heavy atom. The zero-order valence-electron chi connectivity index (χ0n) is 14.7. The number of piperidine rings is 1. The van der Waals surface area contributed by atoms with Crippen LogP contribution in [0.25, 0.3) is 0 Å². The van der Waals surface area contributed by atoms with Crippen LogP contribution in [0.1, 0.15) is 37.8 Å². The molecule has 6 heteroatoms. The maximum Gasteiger partial charge on any atom is 0.310 e. The van der Waals surface area contributed by atoms with Crippen LogP contribution in [0.4, 0.5) is 0 Å². The van der Waals surface area contributed by atoms with Gasteiger partial charge in [0.1, 0.15) is 18.1 Å². The fourth-order valence-electron chi connectivity index (χ4n) is 3.00. The summed E-state index contributed by atoms with van der Waals surface area (Å²) in [6.45, 7) is 5.55. The third-order valence-electron chi connectivity index (χ3n) is 4.52. The molecule has 25 heavy (non-hydrogen) atoms. The molecule has 0 amide bonds. The molecule has 0 spiro atoms. The standard InChI is InChI=1S/C19H24N2O4/c1-19(2,18(23)24)13-21-8-5-16(6-9-21)25-17-4-3-14(12-20)11-15(17)7-10-22/h3-4,10-11,16H,5-9,13H2,1-2H3,(H,23,24). The molecule has 0 radical (unpaired) electrons. The van der Waals surface area contributed by atoms with Gasteiger partial charge in [0.25, 0.3) is 0 Å². The van der Waals surface area contributed by atoms with Crippen LogP contribution in [0, 0.1) is 16.7 Å². The molecule has 1 aliphatic heterocycles. The van der Waals surface area contributed by atoms with Crippen molar-refractivity contribution < 1.29 is 19.4 Å². The highest BCUT2D eigenvalue weighted by atomic mass is 16.5. The molecule has 134 valence electrons. The molecule has 0 unspecified atom stereocenters. The van der Waals surface area contributed by atoms with Gasteiger partial charge in [-0.3, -0.25) is 4.79 Å². The van der Waals surface area contributed by atoms with Gasteiger partial charge < -0.3 is 19.5 Å². The molecule has 1 aliphatic rings. The lowest BCUT2D eigenvalue weighted by Crippen LogP contribution is -2.45. The summed E-state index contributed by atoms with van der Waals surface area (Å²) in [5.74, 6) is -0.141. The number of carboxylic acid groups (broad SMARTS) is 1. The monoisotopic (exact) mass is 344 g/mol. The van der Waals surface area contributed by atoms with E-state index >= 15 is 0 Å². The predicted molar refractivity (Wildman–Crippen MR) is 92.4 cm³/mol. The van der Waals surface area contributed by atoms with E-state index < -0.39 is 11.4 Å². The first-order valence-electron chi connectivity index (χ1n) is 8.45. The maximum atomic E-state index is 11.2. The number of carbonyl (C=O) groups excluding carboxylic acids is 1. The van der Waals surface area contributed by atoms with Gasteiger partial charge in [0.2, 0.25) is 0 Å². The molecule has 0 bridgehead atoms. The molecule has 0 aliphatic carbocycles. The Morgan fingerprint density at radius 3 is 2.68 bits per heavy atom. The summed E-state index contributed by atoms with van der Waals surface area (Å²) in [5.41, 5.74) is 0.469. The summed E-state index contributed by atoms with van der Waals surface area (Å²) in [4.78, 5) is 24.3. The van der Waals surface area contributed by atoms with Gasteiger partial charge in [-0.05, 0) is 44.9 Å². The quantitative estimate of drug-likeness (QED) is 0.763. The Kier molecular flexibility index (Phi) is 6.16. The fourth-order valence-corrected chi connectivity index (χ4v) is 3.00. The van der Waals surface area contributed by atoms with E-state index in [0.29, 0.717) is 17.9 Å². The van der Waals surface area contributed by atoms with Crippen molar-refractivity contribution in [3.8, 4) is 11.8 Å². The lowest BCUT2D eigenvalue weighted by molar-refractivity contribution is -0.148. The van der Waals surface area contributed by atoms with Crippen LogP contribution in [0.15, 0.2) is 18.2 Å². The number of nitriles is 1. The topological polar surface area (TPSA) is 90.6 Å². The zero-order valence-corrected chi connectivity index (χ0v) is 14.7. The van der Waals surface area contributed by atoms with Gasteiger partial charge in [-0.15, -0.1) is 0 Å². The van der Waals surface area contributed by atoms with Crippen molar-refractivity contribution in [2.75, 3.05) is 19.6 Å². The molecule has 1 heterocycles. The Morgan fingerprint density at radius 1 is 1.44 bits per heavy atom. The minimum atomic E-state index is -0.790. The van der Waals surface area contributed by atoms with Crippen LogP contribution in [0.3, 0.4) is 0 Å². The molecule has 0 aromatic heterocycles. The molecule has 1 fully saturated rings. The average molecular weight is 344 g/mol. The number of aldehydes is 1. The maximum absolute atomic E-state index is 11.2. The average Bonchev–Trinajstić information content (AvgIpc) is 2.58. The number of rotatable bonds is 7. The van der Waals surface area contributed by atoms with Crippen LogP contribution >= 0.6 is 0 Å². The number of likely N-dealkylation sites (tertiary alicyclic amines) is 1. The molecular weight excluding hydrogens is 320 g/mol. The normalized spacial score (nSPS) is 16.2. The van der Waals surface area contributed by atoms with Gasteiger partial charge >= 0.3 is 5.97 Å². The Labute approximate surface area is 148 Å². The minimum absolute atomic E-state index is 0.0301. The van der Waals surface area contributed by atoms with Gasteiger partial charge in [-0.1, -0.05) is 0 Å². The van der Waals surface area contributed by atoms with Crippen LogP contribution < -0.4 is 4.74 Å². The van der Waals surface area contributed by atoms with Gasteiger partial charge in [0, 0.05) is 31.6 Å². The summed E-state index contributed by atoms with van der Waals surface area (Å²) >= 11 is 0. The number of ether oxygens (including phenoxy) is 1. The minimum Gasteiger partial charge on any atom is -0.490 e. The van der Waals surface area contributed by atoms with E-state index in [2.05, 4.69) is 11.0 Å². The van der Waals surface area contributed by atoms with Crippen LogP contribution in [0.2, 0.25) is 0 Å². The summed E-state index contributed by atoms with van der Waals surface area (Å²) in [5, 5.41) is 18.2. The van der Waals surface area contributed by atoms with Gasteiger partial charge in [0.05, 0.1) is 17.0 Å². The lowest BCUT2D eigenvalue weighted by atomic mass is 9.92. The van der Waals surface area contributed by atoms with Gasteiger partial charge in [0.15, 0.2) is 0 Å². The summed E-state index contributed by atoms with van der Waals surface area (Å²) in [6.07, 6.45) is 2.66. The van der Waals surface area contributed by atoms with E-state index in [1.54, 1.807) is 32.0 Å². The highest BCUT2D eigenvalue weighted by Crippen LogP contribution is 2.26. The molecule has 2 rings (SSSR count). The molecule has 1 aromatic rings. The molecule has 6 nitrogen and oxygen atoms in total. The van der Waals surface area contributed by atoms with Crippen molar-refractivity contribution in [3.63, 3.8) is 0 Å². The zero-order chi connectivity index (χ0) is 18.4. The number of benzene rings is 1. The van der Waals surface area contributed by atoms with E-state index in [1.807, 2.05) is 0 Å². The highest BCUT2D eigenvalue weighted by molar-refractivity contribution is 5.73. The van der Waals surface area contributed by atoms with E-state index in [1.165, 1.54) is 0 Å². The summed E-state index contributed by atoms with van der Waals surface area (Å²) < 4.78 is 6.05. The van der Waals surface area contributed by atoms with Crippen molar-refractivity contribution in [1.29, 1.82) is 5.26 Å². The number of hydrogen-bond acceptors (Lipinski definition) is 5. The smallest absolute Gasteiger partial charge is 0.310 e. The molecule has 1 N–H and O–H groups in total. The first-order chi connectivity index (χ1) is 11.9. The molecule has 0 atom stereocenters. The second-order valence-electron chi connectivity index (χ2n) is 7.09. The molecule has 1 saturated heterocycles. The summed E-state index contributed by atoms with van der Waals surface area (Å²) in [6, 6.07) is 7.19. The first kappa shape index (κ1) is 18.9. The highest BCUT2D eigenvalue weighted by Gasteiger charge is 2.31. The lowest BCUT2D eigenvalue weighted by Gasteiger charge is -2.35. The fraction of sp³-hybridized carbons (Fsp3) is 0.526. The second kappa shape index (κ2) is 8.13. The van der Waals surface area contributed by atoms with Crippen molar-refractivity contribution in [3.05, 3.63) is 29.3 Å². The van der Waals surface area contributed by atoms with Crippen LogP contribution in [-0.2, 0) is 16.0 Å². The van der Waals surface area contributed by atoms with Crippen LogP contribution in [-0.4, -0.2) is 48.0 Å². The van der Waals surface area contributed by atoms with E-state index in [9.17, 15) is 14.7 Å². The van der Waals surface area contributed by atoms with E-state index in [0.717, 1.165) is 37.8 Å². The number of carbonyl (C=O) groups is 2. The summed E-state index contributed by atoms with van der Waals surface area (Å²) in [7, 11) is 0. The second-order valence-corrected chi connectivity index (χ2v) is 7.09. The van der Waals surface area contributed by atoms with Crippen molar-refractivity contribution in [2.24, 2.45) is 5.41 Å². The molecule has 1 aromatic carbocycles. The SMILES string of the molecule is CC(C)(CN1CCC(Oc2ccc(C#N)cc2CC=O)CC1)C(=O)O. The van der Waals surface area contributed by atoms with Crippen molar-refractivity contribution in [1.82, 2.24) is 4.90 Å². The Hall–Kier alpha value is -2.39. The Bertz CT molecular complexity index is 670. The van der Waals surface area contributed by atoms with E-state index in [-0.39, 0.29) is 12.5 Å². The number of hydrogen-bond donors (Lipinski definition) is 1. The van der Waals surface area contributed by atoms with Gasteiger partial charge in [-0.2, -0.15) is 5.26 Å². The molecule has 0 saturated carbocycles. The van der Waals surface area contributed by atoms with Gasteiger partial charge in [-0.25, -0.2) is 0 Å². The third-order valence-corrected chi connectivity index (χ3v) is 4.52.